The average molecular weight is 234 g/mol. The van der Waals surface area contributed by atoms with Gasteiger partial charge in [0.15, 0.2) is 0 Å². The lowest BCUT2D eigenvalue weighted by Crippen LogP contribution is -2.49. The molecule has 0 saturated carbocycles. The smallest absolute Gasteiger partial charge is 0.0839 e. The maximum absolute atomic E-state index is 9.92. The van der Waals surface area contributed by atoms with Gasteiger partial charge in [-0.25, -0.2) is 0 Å². The fourth-order valence-corrected chi connectivity index (χ4v) is 2.41. The molecule has 0 aromatic heterocycles. The molecule has 1 aromatic carbocycles. The molecule has 1 saturated heterocycles. The van der Waals surface area contributed by atoms with Gasteiger partial charge < -0.3 is 15.3 Å². The highest BCUT2D eigenvalue weighted by Crippen LogP contribution is 2.26. The lowest BCUT2D eigenvalue weighted by atomic mass is 10.0. The topological polar surface area (TPSA) is 35.5 Å². The molecule has 2 N–H and O–H groups in total. The SMILES string of the molecule is Cc1cccc(N2CC(O)CNCC2(C)C)c1. The third kappa shape index (κ3) is 2.79. The third-order valence-corrected chi connectivity index (χ3v) is 3.37. The van der Waals surface area contributed by atoms with Crippen LogP contribution < -0.4 is 10.2 Å². The van der Waals surface area contributed by atoms with E-state index >= 15 is 0 Å². The van der Waals surface area contributed by atoms with Gasteiger partial charge in [-0.3, -0.25) is 0 Å². The minimum Gasteiger partial charge on any atom is -0.390 e. The van der Waals surface area contributed by atoms with Crippen LogP contribution in [0.2, 0.25) is 0 Å². The Morgan fingerprint density at radius 1 is 1.41 bits per heavy atom. The van der Waals surface area contributed by atoms with Crippen LogP contribution in [-0.2, 0) is 0 Å². The van der Waals surface area contributed by atoms with E-state index in [9.17, 15) is 5.11 Å². The number of nitrogens with one attached hydrogen (secondary N) is 1. The van der Waals surface area contributed by atoms with Crippen LogP contribution in [0.25, 0.3) is 0 Å². The van der Waals surface area contributed by atoms with E-state index in [-0.39, 0.29) is 11.6 Å². The van der Waals surface area contributed by atoms with Crippen molar-refractivity contribution in [1.82, 2.24) is 5.32 Å². The Morgan fingerprint density at radius 2 is 2.18 bits per heavy atom. The first kappa shape index (κ1) is 12.4. The molecule has 0 bridgehead atoms. The predicted molar refractivity (Wildman–Crippen MR) is 71.5 cm³/mol. The largest absolute Gasteiger partial charge is 0.390 e. The summed E-state index contributed by atoms with van der Waals surface area (Å²) in [6, 6.07) is 8.47. The lowest BCUT2D eigenvalue weighted by molar-refractivity contribution is 0.183. The van der Waals surface area contributed by atoms with Crippen LogP contribution in [0.15, 0.2) is 24.3 Å². The zero-order chi connectivity index (χ0) is 12.5. The van der Waals surface area contributed by atoms with E-state index in [0.717, 1.165) is 6.54 Å². The number of aryl methyl sites for hydroxylation is 1. The first-order valence-corrected chi connectivity index (χ1v) is 6.22. The summed E-state index contributed by atoms with van der Waals surface area (Å²) in [7, 11) is 0. The van der Waals surface area contributed by atoms with E-state index in [4.69, 9.17) is 0 Å². The lowest BCUT2D eigenvalue weighted by Gasteiger charge is -2.39. The summed E-state index contributed by atoms with van der Waals surface area (Å²) in [5.41, 5.74) is 2.47. The zero-order valence-corrected chi connectivity index (χ0v) is 10.9. The van der Waals surface area contributed by atoms with Gasteiger partial charge in [-0.1, -0.05) is 12.1 Å². The zero-order valence-electron chi connectivity index (χ0n) is 10.9. The van der Waals surface area contributed by atoms with E-state index in [1.165, 1.54) is 11.3 Å². The molecule has 0 amide bonds. The highest BCUT2D eigenvalue weighted by Gasteiger charge is 2.31. The van der Waals surface area contributed by atoms with Crippen molar-refractivity contribution < 1.29 is 5.11 Å². The van der Waals surface area contributed by atoms with E-state index in [1.807, 2.05) is 0 Å². The number of β-amino-alcohol motifs (C(OH)–C–C–N with tert-alkyl or cyclic N) is 1. The van der Waals surface area contributed by atoms with E-state index in [2.05, 4.69) is 55.3 Å². The third-order valence-electron chi connectivity index (χ3n) is 3.37. The predicted octanol–water partition coefficient (Wildman–Crippen LogP) is 1.54. The normalized spacial score (nSPS) is 24.5. The van der Waals surface area contributed by atoms with Crippen LogP contribution in [0.1, 0.15) is 19.4 Å². The number of rotatable bonds is 1. The highest BCUT2D eigenvalue weighted by molar-refractivity contribution is 5.51. The number of hydrogen-bond acceptors (Lipinski definition) is 3. The molecular weight excluding hydrogens is 212 g/mol. The first-order valence-electron chi connectivity index (χ1n) is 6.22. The van der Waals surface area contributed by atoms with Gasteiger partial charge in [0.05, 0.1) is 6.10 Å². The fraction of sp³-hybridized carbons (Fsp3) is 0.571. The van der Waals surface area contributed by atoms with Gasteiger partial charge in [0.2, 0.25) is 0 Å². The molecule has 0 radical (unpaired) electrons. The summed E-state index contributed by atoms with van der Waals surface area (Å²) in [5, 5.41) is 13.2. The minimum absolute atomic E-state index is 0.0191. The van der Waals surface area contributed by atoms with Gasteiger partial charge in [0.25, 0.3) is 0 Å². The molecule has 3 nitrogen and oxygen atoms in total. The Balaban J connectivity index is 2.32. The van der Waals surface area contributed by atoms with Crippen LogP contribution >= 0.6 is 0 Å². The Kier molecular flexibility index (Phi) is 3.40. The molecule has 1 aromatic rings. The Labute approximate surface area is 103 Å². The second kappa shape index (κ2) is 4.67. The molecular formula is C14H22N2O. The van der Waals surface area contributed by atoms with Gasteiger partial charge >= 0.3 is 0 Å². The highest BCUT2D eigenvalue weighted by atomic mass is 16.3. The first-order chi connectivity index (χ1) is 7.99. The monoisotopic (exact) mass is 234 g/mol. The number of aliphatic hydroxyl groups is 1. The van der Waals surface area contributed by atoms with Crippen molar-refractivity contribution in [2.45, 2.75) is 32.4 Å². The second-order valence-electron chi connectivity index (χ2n) is 5.55. The minimum atomic E-state index is -0.308. The Hall–Kier alpha value is -1.06. The summed E-state index contributed by atoms with van der Waals surface area (Å²) in [4.78, 5) is 2.30. The van der Waals surface area contributed by atoms with Crippen molar-refractivity contribution in [3.05, 3.63) is 29.8 Å². The molecule has 1 unspecified atom stereocenters. The molecule has 3 heteroatoms. The van der Waals surface area contributed by atoms with E-state index in [0.29, 0.717) is 13.1 Å². The van der Waals surface area contributed by atoms with Gasteiger partial charge in [-0.05, 0) is 38.5 Å². The summed E-state index contributed by atoms with van der Waals surface area (Å²) >= 11 is 0. The number of benzene rings is 1. The maximum atomic E-state index is 9.92. The van der Waals surface area contributed by atoms with Crippen LogP contribution in [0.5, 0.6) is 0 Å². The standard InChI is InChI=1S/C14H22N2O/c1-11-5-4-6-12(7-11)16-9-13(17)8-15-10-14(16,2)3/h4-7,13,15,17H,8-10H2,1-3H3. The van der Waals surface area contributed by atoms with E-state index in [1.54, 1.807) is 0 Å². The molecule has 0 spiro atoms. The van der Waals surface area contributed by atoms with E-state index < -0.39 is 0 Å². The molecule has 1 heterocycles. The molecule has 1 aliphatic heterocycles. The van der Waals surface area contributed by atoms with Crippen LogP contribution in [0.3, 0.4) is 0 Å². The number of aliphatic hydroxyl groups excluding tert-OH is 1. The molecule has 94 valence electrons. The van der Waals surface area contributed by atoms with Crippen molar-refractivity contribution in [1.29, 1.82) is 0 Å². The van der Waals surface area contributed by atoms with Crippen LogP contribution in [-0.4, -0.2) is 36.4 Å². The number of anilines is 1. The van der Waals surface area contributed by atoms with Crippen molar-refractivity contribution in [2.75, 3.05) is 24.5 Å². The molecule has 1 aliphatic rings. The fourth-order valence-electron chi connectivity index (χ4n) is 2.41. The van der Waals surface area contributed by atoms with Crippen molar-refractivity contribution in [3.63, 3.8) is 0 Å². The number of hydrogen-bond donors (Lipinski definition) is 2. The summed E-state index contributed by atoms with van der Waals surface area (Å²) in [5.74, 6) is 0. The quantitative estimate of drug-likeness (QED) is 0.774. The van der Waals surface area contributed by atoms with Crippen LogP contribution in [0.4, 0.5) is 5.69 Å². The van der Waals surface area contributed by atoms with Crippen LogP contribution in [0, 0.1) is 6.92 Å². The second-order valence-corrected chi connectivity index (χ2v) is 5.55. The van der Waals surface area contributed by atoms with Gasteiger partial charge in [0.1, 0.15) is 0 Å². The molecule has 17 heavy (non-hydrogen) atoms. The van der Waals surface area contributed by atoms with Crippen molar-refractivity contribution in [3.8, 4) is 0 Å². The van der Waals surface area contributed by atoms with Crippen molar-refractivity contribution in [2.24, 2.45) is 0 Å². The average Bonchev–Trinajstić information content (AvgIpc) is 2.37. The number of nitrogens with zero attached hydrogens (tertiary/aromatic N) is 1. The van der Waals surface area contributed by atoms with Gasteiger partial charge in [-0.15, -0.1) is 0 Å². The summed E-state index contributed by atoms with van der Waals surface area (Å²) < 4.78 is 0. The molecule has 1 atom stereocenters. The van der Waals surface area contributed by atoms with Gasteiger partial charge in [0, 0.05) is 30.9 Å². The summed E-state index contributed by atoms with van der Waals surface area (Å²) in [6.45, 7) is 8.76. The van der Waals surface area contributed by atoms with Crippen molar-refractivity contribution >= 4 is 5.69 Å². The Morgan fingerprint density at radius 3 is 2.88 bits per heavy atom. The Bertz CT molecular complexity index is 390. The summed E-state index contributed by atoms with van der Waals surface area (Å²) in [6.07, 6.45) is -0.308. The molecule has 0 aliphatic carbocycles. The maximum Gasteiger partial charge on any atom is 0.0839 e. The molecule has 2 rings (SSSR count). The van der Waals surface area contributed by atoms with Gasteiger partial charge in [-0.2, -0.15) is 0 Å². The molecule has 1 fully saturated rings.